The Hall–Kier alpha value is -0.830. The van der Waals surface area contributed by atoms with Crippen LogP contribution in [0.4, 0.5) is 0 Å². The normalized spacial score (nSPS) is 22.5. The van der Waals surface area contributed by atoms with Crippen molar-refractivity contribution in [2.24, 2.45) is 0 Å². The molecule has 2 rings (SSSR count). The zero-order chi connectivity index (χ0) is 11.5. The van der Waals surface area contributed by atoms with Crippen LogP contribution in [0.3, 0.4) is 0 Å². The fourth-order valence-electron chi connectivity index (χ4n) is 2.10. The Morgan fingerprint density at radius 3 is 2.69 bits per heavy atom. The lowest BCUT2D eigenvalue weighted by molar-refractivity contribution is -0.127. The third-order valence-electron chi connectivity index (χ3n) is 3.09. The molecule has 0 bridgehead atoms. The molecule has 0 saturated carbocycles. The van der Waals surface area contributed by atoms with Gasteiger partial charge in [0.25, 0.3) is 0 Å². The van der Waals surface area contributed by atoms with E-state index in [4.69, 9.17) is 0 Å². The van der Waals surface area contributed by atoms with Crippen molar-refractivity contribution < 1.29 is 4.79 Å². The molecule has 1 aliphatic heterocycles. The molecule has 86 valence electrons. The highest BCUT2D eigenvalue weighted by Crippen LogP contribution is 2.23. The van der Waals surface area contributed by atoms with Gasteiger partial charge >= 0.3 is 0 Å². The summed E-state index contributed by atoms with van der Waals surface area (Å²) in [4.78, 5) is 13.7. The van der Waals surface area contributed by atoms with Crippen LogP contribution in [0.25, 0.3) is 0 Å². The number of likely N-dealkylation sites (tertiary alicyclic amines) is 1. The van der Waals surface area contributed by atoms with Crippen molar-refractivity contribution in [2.45, 2.75) is 24.1 Å². The second kappa shape index (κ2) is 5.00. The maximum atomic E-state index is 11.8. The molecular weight excluding hydrogens is 266 g/mol. The minimum atomic E-state index is 0.0375. The summed E-state index contributed by atoms with van der Waals surface area (Å²) in [5, 5.41) is 0. The van der Waals surface area contributed by atoms with Gasteiger partial charge in [0, 0.05) is 13.1 Å². The number of hydrogen-bond acceptors (Lipinski definition) is 1. The maximum absolute atomic E-state index is 11.8. The van der Waals surface area contributed by atoms with Gasteiger partial charge in [0.15, 0.2) is 0 Å². The predicted molar refractivity (Wildman–Crippen MR) is 68.8 cm³/mol. The van der Waals surface area contributed by atoms with Crippen LogP contribution in [0, 0.1) is 0 Å². The van der Waals surface area contributed by atoms with Crippen molar-refractivity contribution in [3.63, 3.8) is 0 Å². The molecular formula is C13H16BrNO. The number of hydrogen-bond donors (Lipinski definition) is 0. The second-order valence-electron chi connectivity index (χ2n) is 4.35. The van der Waals surface area contributed by atoms with Gasteiger partial charge in [0.05, 0.1) is 4.83 Å². The fourth-order valence-corrected chi connectivity index (χ4v) is 2.59. The molecule has 2 nitrogen and oxygen atoms in total. The van der Waals surface area contributed by atoms with Gasteiger partial charge in [-0.15, -0.1) is 0 Å². The van der Waals surface area contributed by atoms with Gasteiger partial charge in [0.1, 0.15) is 0 Å². The first-order valence-electron chi connectivity index (χ1n) is 5.66. The third-order valence-corrected chi connectivity index (χ3v) is 3.94. The van der Waals surface area contributed by atoms with Gasteiger partial charge in [-0.1, -0.05) is 53.2 Å². The number of benzene rings is 1. The molecule has 1 heterocycles. The van der Waals surface area contributed by atoms with E-state index < -0.39 is 0 Å². The molecule has 1 aliphatic rings. The van der Waals surface area contributed by atoms with Crippen LogP contribution in [0.2, 0.25) is 0 Å². The van der Waals surface area contributed by atoms with E-state index in [2.05, 4.69) is 35.0 Å². The van der Waals surface area contributed by atoms with E-state index in [9.17, 15) is 4.79 Å². The Labute approximate surface area is 105 Å². The average molecular weight is 282 g/mol. The van der Waals surface area contributed by atoms with Crippen LogP contribution in [-0.4, -0.2) is 28.7 Å². The predicted octanol–water partition coefficient (Wildman–Crippen LogP) is 2.79. The molecule has 1 saturated heterocycles. The molecule has 0 aromatic heterocycles. The number of carbonyl (C=O) groups excluding carboxylic acids is 1. The lowest BCUT2D eigenvalue weighted by Crippen LogP contribution is -2.31. The van der Waals surface area contributed by atoms with E-state index in [0.29, 0.717) is 5.92 Å². The summed E-state index contributed by atoms with van der Waals surface area (Å²) >= 11 is 3.40. The van der Waals surface area contributed by atoms with Crippen LogP contribution in [0.5, 0.6) is 0 Å². The first kappa shape index (κ1) is 11.6. The number of amides is 1. The summed E-state index contributed by atoms with van der Waals surface area (Å²) in [6.07, 6.45) is 0.931. The highest BCUT2D eigenvalue weighted by Gasteiger charge is 2.30. The van der Waals surface area contributed by atoms with Crippen LogP contribution < -0.4 is 0 Å². The lowest BCUT2D eigenvalue weighted by atomic mass is 10.0. The topological polar surface area (TPSA) is 20.3 Å². The van der Waals surface area contributed by atoms with Crippen LogP contribution in [0.15, 0.2) is 30.3 Å². The highest BCUT2D eigenvalue weighted by molar-refractivity contribution is 9.10. The molecule has 1 aromatic rings. The average Bonchev–Trinajstić information content (AvgIpc) is 2.62. The van der Waals surface area contributed by atoms with Gasteiger partial charge < -0.3 is 4.90 Å². The molecule has 0 spiro atoms. The molecule has 16 heavy (non-hydrogen) atoms. The molecule has 2 unspecified atom stereocenters. The monoisotopic (exact) mass is 281 g/mol. The zero-order valence-electron chi connectivity index (χ0n) is 9.40. The molecule has 1 aromatic carbocycles. The van der Waals surface area contributed by atoms with E-state index in [0.717, 1.165) is 19.5 Å². The summed E-state index contributed by atoms with van der Waals surface area (Å²) in [6, 6.07) is 10.4. The lowest BCUT2D eigenvalue weighted by Gasteiger charge is -2.21. The number of rotatable bonds is 3. The van der Waals surface area contributed by atoms with Crippen molar-refractivity contribution in [3.05, 3.63) is 35.9 Å². The van der Waals surface area contributed by atoms with E-state index in [1.54, 1.807) is 0 Å². The molecule has 2 atom stereocenters. The highest BCUT2D eigenvalue weighted by atomic mass is 79.9. The van der Waals surface area contributed by atoms with E-state index >= 15 is 0 Å². The number of nitrogens with zero attached hydrogens (tertiary/aromatic N) is 1. The first-order chi connectivity index (χ1) is 7.68. The number of carbonyl (C=O) groups is 1. The van der Waals surface area contributed by atoms with Crippen molar-refractivity contribution in [1.29, 1.82) is 0 Å². The smallest absolute Gasteiger partial charge is 0.236 e. The first-order valence-corrected chi connectivity index (χ1v) is 6.58. The Morgan fingerprint density at radius 1 is 1.44 bits per heavy atom. The van der Waals surface area contributed by atoms with Gasteiger partial charge in [-0.25, -0.2) is 0 Å². The molecule has 0 aliphatic carbocycles. The molecule has 0 N–H and O–H groups in total. The van der Waals surface area contributed by atoms with E-state index in [-0.39, 0.29) is 10.7 Å². The van der Waals surface area contributed by atoms with Crippen molar-refractivity contribution in [1.82, 2.24) is 4.90 Å². The molecule has 1 fully saturated rings. The molecule has 1 amide bonds. The third kappa shape index (κ3) is 2.46. The van der Waals surface area contributed by atoms with Gasteiger partial charge in [-0.3, -0.25) is 4.79 Å². The Balaban J connectivity index is 1.98. The van der Waals surface area contributed by atoms with Crippen molar-refractivity contribution in [3.8, 4) is 0 Å². The zero-order valence-corrected chi connectivity index (χ0v) is 11.0. The second-order valence-corrected chi connectivity index (χ2v) is 5.46. The molecule has 3 heteroatoms. The minimum absolute atomic E-state index is 0.0375. The van der Waals surface area contributed by atoms with Gasteiger partial charge in [0.2, 0.25) is 5.91 Å². The standard InChI is InChI=1S/C13H16BrNO/c1-10(11-5-3-2-4-6-11)9-15-8-7-12(14)13(15)16/h2-6,10,12H,7-9H2,1H3. The molecule has 0 radical (unpaired) electrons. The quantitative estimate of drug-likeness (QED) is 0.781. The van der Waals surface area contributed by atoms with Crippen LogP contribution in [-0.2, 0) is 4.79 Å². The Bertz CT molecular complexity index is 365. The van der Waals surface area contributed by atoms with E-state index in [1.165, 1.54) is 5.56 Å². The summed E-state index contributed by atoms with van der Waals surface area (Å²) in [6.45, 7) is 3.88. The van der Waals surface area contributed by atoms with Crippen molar-refractivity contribution >= 4 is 21.8 Å². The van der Waals surface area contributed by atoms with Crippen molar-refractivity contribution in [2.75, 3.05) is 13.1 Å². The Morgan fingerprint density at radius 2 is 2.12 bits per heavy atom. The summed E-state index contributed by atoms with van der Waals surface area (Å²) in [5.74, 6) is 0.644. The summed E-state index contributed by atoms with van der Waals surface area (Å²) in [7, 11) is 0. The largest absolute Gasteiger partial charge is 0.341 e. The van der Waals surface area contributed by atoms with Gasteiger partial charge in [-0.05, 0) is 17.9 Å². The van der Waals surface area contributed by atoms with Crippen LogP contribution in [0.1, 0.15) is 24.8 Å². The maximum Gasteiger partial charge on any atom is 0.236 e. The van der Waals surface area contributed by atoms with Gasteiger partial charge in [-0.2, -0.15) is 0 Å². The summed E-state index contributed by atoms with van der Waals surface area (Å²) < 4.78 is 0. The summed E-state index contributed by atoms with van der Waals surface area (Å²) in [5.41, 5.74) is 1.30. The Kier molecular flexibility index (Phi) is 3.64. The van der Waals surface area contributed by atoms with Crippen LogP contribution >= 0.6 is 15.9 Å². The SMILES string of the molecule is CC(CN1CCC(Br)C1=O)c1ccccc1. The minimum Gasteiger partial charge on any atom is -0.341 e. The number of halogens is 1. The number of alkyl halides is 1. The van der Waals surface area contributed by atoms with E-state index in [1.807, 2.05) is 23.1 Å². The fraction of sp³-hybridized carbons (Fsp3) is 0.462.